The molecule has 0 aliphatic heterocycles. The molecule has 0 amide bonds. The Balaban J connectivity index is 2.03. The van der Waals surface area contributed by atoms with E-state index in [2.05, 4.69) is 4.98 Å². The van der Waals surface area contributed by atoms with Gasteiger partial charge in [-0.3, -0.25) is 0 Å². The van der Waals surface area contributed by atoms with Crippen molar-refractivity contribution in [3.63, 3.8) is 0 Å². The number of ether oxygens (including phenoxy) is 2. The molecule has 0 aliphatic rings. The third-order valence-corrected chi connectivity index (χ3v) is 3.56. The quantitative estimate of drug-likeness (QED) is 0.772. The molecule has 0 fully saturated rings. The molecule has 6 heteroatoms. The van der Waals surface area contributed by atoms with Crippen molar-refractivity contribution in [2.45, 2.75) is 0 Å². The Kier molecular flexibility index (Phi) is 4.12. The van der Waals surface area contributed by atoms with Gasteiger partial charge >= 0.3 is 0 Å². The molecule has 0 radical (unpaired) electrons. The zero-order chi connectivity index (χ0) is 16.4. The van der Waals surface area contributed by atoms with Crippen molar-refractivity contribution in [3.05, 3.63) is 47.9 Å². The lowest BCUT2D eigenvalue weighted by atomic mass is 10.1. The van der Waals surface area contributed by atoms with E-state index in [0.717, 1.165) is 5.52 Å². The van der Waals surface area contributed by atoms with Crippen LogP contribution in [0.2, 0.25) is 0 Å². The van der Waals surface area contributed by atoms with Crippen molar-refractivity contribution in [2.75, 3.05) is 14.2 Å². The molecule has 23 heavy (non-hydrogen) atoms. The van der Waals surface area contributed by atoms with E-state index in [9.17, 15) is 5.11 Å². The standard InChI is InChI=1S/C17H14ClNO4/c1-21-14-8-10(9-15(22-2)16(14)20)7-11(18)17-19-12-5-3-4-6-13(12)23-17/h3-9,20H,1-2H3. The van der Waals surface area contributed by atoms with E-state index in [0.29, 0.717) is 22.1 Å². The number of fused-ring (bicyclic) bond motifs is 1. The van der Waals surface area contributed by atoms with Crippen LogP contribution in [0, 0.1) is 0 Å². The molecule has 3 aromatic rings. The van der Waals surface area contributed by atoms with E-state index in [1.54, 1.807) is 18.2 Å². The summed E-state index contributed by atoms with van der Waals surface area (Å²) >= 11 is 6.30. The minimum atomic E-state index is -0.0647. The molecular formula is C17H14ClNO4. The van der Waals surface area contributed by atoms with Gasteiger partial charge in [-0.1, -0.05) is 23.7 Å². The van der Waals surface area contributed by atoms with Crippen molar-refractivity contribution in [1.29, 1.82) is 0 Å². The zero-order valence-electron chi connectivity index (χ0n) is 12.5. The van der Waals surface area contributed by atoms with Crippen LogP contribution in [-0.4, -0.2) is 24.3 Å². The normalized spacial score (nSPS) is 11.7. The Morgan fingerprint density at radius 2 is 1.83 bits per heavy atom. The molecule has 1 aromatic heterocycles. The Labute approximate surface area is 137 Å². The van der Waals surface area contributed by atoms with Crippen LogP contribution in [-0.2, 0) is 0 Å². The average Bonchev–Trinajstić information content (AvgIpc) is 3.00. The van der Waals surface area contributed by atoms with E-state index >= 15 is 0 Å². The van der Waals surface area contributed by atoms with Crippen LogP contribution in [0.15, 0.2) is 40.8 Å². The van der Waals surface area contributed by atoms with Gasteiger partial charge < -0.3 is 19.0 Å². The van der Waals surface area contributed by atoms with Crippen molar-refractivity contribution in [1.82, 2.24) is 4.98 Å². The molecule has 0 unspecified atom stereocenters. The highest BCUT2D eigenvalue weighted by atomic mass is 35.5. The van der Waals surface area contributed by atoms with Gasteiger partial charge in [-0.15, -0.1) is 0 Å². The number of aromatic hydroxyl groups is 1. The van der Waals surface area contributed by atoms with E-state index in [-0.39, 0.29) is 17.2 Å². The summed E-state index contributed by atoms with van der Waals surface area (Å²) in [5.41, 5.74) is 2.08. The first-order valence-corrected chi connectivity index (χ1v) is 7.18. The fourth-order valence-electron chi connectivity index (χ4n) is 2.18. The molecule has 1 heterocycles. The van der Waals surface area contributed by atoms with Crippen LogP contribution in [0.4, 0.5) is 0 Å². The van der Waals surface area contributed by atoms with Gasteiger partial charge in [0.1, 0.15) is 10.5 Å². The predicted molar refractivity (Wildman–Crippen MR) is 88.9 cm³/mol. The second-order valence-electron chi connectivity index (χ2n) is 4.75. The molecule has 0 saturated heterocycles. The SMILES string of the molecule is COc1cc(C=C(Cl)c2nc3ccccc3o2)cc(OC)c1O. The van der Waals surface area contributed by atoms with Crippen LogP contribution >= 0.6 is 11.6 Å². The fourth-order valence-corrected chi connectivity index (χ4v) is 2.39. The molecule has 0 bridgehead atoms. The smallest absolute Gasteiger partial charge is 0.238 e. The van der Waals surface area contributed by atoms with Gasteiger partial charge in [0.15, 0.2) is 17.1 Å². The highest BCUT2D eigenvalue weighted by Gasteiger charge is 2.13. The summed E-state index contributed by atoms with van der Waals surface area (Å²) in [6.45, 7) is 0. The number of hydrogen-bond acceptors (Lipinski definition) is 5. The zero-order valence-corrected chi connectivity index (χ0v) is 13.3. The third-order valence-electron chi connectivity index (χ3n) is 3.29. The van der Waals surface area contributed by atoms with E-state index in [1.807, 2.05) is 24.3 Å². The van der Waals surface area contributed by atoms with Gasteiger partial charge in [-0.2, -0.15) is 0 Å². The third kappa shape index (κ3) is 2.96. The van der Waals surface area contributed by atoms with Crippen molar-refractivity contribution in [2.24, 2.45) is 0 Å². The number of benzene rings is 2. The number of phenols is 1. The van der Waals surface area contributed by atoms with Gasteiger partial charge in [0.25, 0.3) is 0 Å². The second kappa shape index (κ2) is 6.22. The molecule has 2 aromatic carbocycles. The number of nitrogens with zero attached hydrogens (tertiary/aromatic N) is 1. The van der Waals surface area contributed by atoms with Crippen molar-refractivity contribution < 1.29 is 19.0 Å². The average molecular weight is 332 g/mol. The van der Waals surface area contributed by atoms with E-state index in [1.165, 1.54) is 14.2 Å². The van der Waals surface area contributed by atoms with Gasteiger partial charge in [0, 0.05) is 0 Å². The number of para-hydroxylation sites is 2. The summed E-state index contributed by atoms with van der Waals surface area (Å²) in [4.78, 5) is 4.33. The lowest BCUT2D eigenvalue weighted by molar-refractivity contribution is 0.340. The molecule has 0 aliphatic carbocycles. The van der Waals surface area contributed by atoms with Gasteiger partial charge in [0.05, 0.1) is 14.2 Å². The number of hydrogen-bond donors (Lipinski definition) is 1. The van der Waals surface area contributed by atoms with Crippen molar-refractivity contribution in [3.8, 4) is 17.2 Å². The van der Waals surface area contributed by atoms with Crippen LogP contribution in [0.1, 0.15) is 11.5 Å². The first-order chi connectivity index (χ1) is 11.1. The van der Waals surface area contributed by atoms with Crippen LogP contribution in [0.5, 0.6) is 17.2 Å². The molecule has 0 saturated carbocycles. The lowest BCUT2D eigenvalue weighted by Gasteiger charge is -2.09. The van der Waals surface area contributed by atoms with Crippen LogP contribution in [0.25, 0.3) is 22.2 Å². The summed E-state index contributed by atoms with van der Waals surface area (Å²) < 4.78 is 15.9. The highest BCUT2D eigenvalue weighted by Crippen LogP contribution is 2.38. The summed E-state index contributed by atoms with van der Waals surface area (Å²) in [5, 5.41) is 10.3. The van der Waals surface area contributed by atoms with Gasteiger partial charge in [0.2, 0.25) is 11.6 Å². The minimum absolute atomic E-state index is 0.0647. The molecule has 0 spiro atoms. The van der Waals surface area contributed by atoms with Crippen LogP contribution in [0.3, 0.4) is 0 Å². The topological polar surface area (TPSA) is 64.7 Å². The maximum atomic E-state index is 9.93. The molecule has 3 rings (SSSR count). The fraction of sp³-hybridized carbons (Fsp3) is 0.118. The summed E-state index contributed by atoms with van der Waals surface area (Å²) in [6, 6.07) is 10.7. The number of halogens is 1. The van der Waals surface area contributed by atoms with Crippen molar-refractivity contribution >= 4 is 33.8 Å². The Hall–Kier alpha value is -2.66. The number of methoxy groups -OCH3 is 2. The molecular weight excluding hydrogens is 318 g/mol. The molecule has 1 N–H and O–H groups in total. The van der Waals surface area contributed by atoms with Gasteiger partial charge in [-0.25, -0.2) is 4.98 Å². The first-order valence-electron chi connectivity index (χ1n) is 6.80. The number of rotatable bonds is 4. The van der Waals surface area contributed by atoms with Crippen LogP contribution < -0.4 is 9.47 Å². The van der Waals surface area contributed by atoms with E-state index < -0.39 is 0 Å². The molecule has 5 nitrogen and oxygen atoms in total. The second-order valence-corrected chi connectivity index (χ2v) is 5.16. The number of oxazole rings is 1. The number of aromatic nitrogens is 1. The Morgan fingerprint density at radius 3 is 2.43 bits per heavy atom. The maximum absolute atomic E-state index is 9.93. The Morgan fingerprint density at radius 1 is 1.17 bits per heavy atom. The summed E-state index contributed by atoms with van der Waals surface area (Å²) in [5.74, 6) is 0.833. The monoisotopic (exact) mass is 331 g/mol. The number of phenolic OH excluding ortho intramolecular Hbond substituents is 1. The Bertz CT molecular complexity index is 827. The summed E-state index contributed by atoms with van der Waals surface area (Å²) in [7, 11) is 2.93. The predicted octanol–water partition coefficient (Wildman–Crippen LogP) is 4.29. The van der Waals surface area contributed by atoms with Gasteiger partial charge in [-0.05, 0) is 35.9 Å². The van der Waals surface area contributed by atoms with E-state index in [4.69, 9.17) is 25.5 Å². The maximum Gasteiger partial charge on any atom is 0.238 e. The molecule has 118 valence electrons. The first kappa shape index (κ1) is 15.2. The molecule has 0 atom stereocenters. The minimum Gasteiger partial charge on any atom is -0.502 e. The summed E-state index contributed by atoms with van der Waals surface area (Å²) in [6.07, 6.45) is 1.66. The lowest BCUT2D eigenvalue weighted by Crippen LogP contribution is -1.90. The highest BCUT2D eigenvalue weighted by molar-refractivity contribution is 6.50. The largest absolute Gasteiger partial charge is 0.502 e.